The molecule has 2 heterocycles. The number of para-hydroxylation sites is 1. The number of furan rings is 1. The van der Waals surface area contributed by atoms with Gasteiger partial charge in [0.2, 0.25) is 5.82 Å². The van der Waals surface area contributed by atoms with Crippen LogP contribution in [0.3, 0.4) is 0 Å². The van der Waals surface area contributed by atoms with E-state index in [9.17, 15) is 4.79 Å². The van der Waals surface area contributed by atoms with Gasteiger partial charge in [0.25, 0.3) is 5.56 Å². The lowest BCUT2D eigenvalue weighted by atomic mass is 10.1. The molecule has 4 aromatic carbocycles. The Morgan fingerprint density at radius 3 is 2.66 bits per heavy atom. The zero-order valence-corrected chi connectivity index (χ0v) is 24.4. The van der Waals surface area contributed by atoms with Crippen LogP contribution in [0.4, 0.5) is 0 Å². The van der Waals surface area contributed by atoms with E-state index in [0.29, 0.717) is 50.9 Å². The fraction of sp³-hybridized carbons (Fsp3) is 0.0938. The molecule has 0 aliphatic carbocycles. The Morgan fingerprint density at radius 2 is 1.85 bits per heavy atom. The Kier molecular flexibility index (Phi) is 7.34. The SMILES string of the molecule is COc1cc(Br)cc(C=Nn2c(-c3cc4cc(Cl)ccc4o3)nc3ccccc3c2=O)c1OCc1ccc(C)cc1. The third kappa shape index (κ3) is 5.49. The molecule has 0 aliphatic rings. The van der Waals surface area contributed by atoms with Crippen LogP contribution in [0, 0.1) is 6.92 Å². The number of aryl methyl sites for hydroxylation is 1. The summed E-state index contributed by atoms with van der Waals surface area (Å²) in [5, 5.41) is 6.40. The van der Waals surface area contributed by atoms with Crippen LogP contribution >= 0.6 is 27.5 Å². The zero-order chi connectivity index (χ0) is 28.5. The van der Waals surface area contributed by atoms with Crippen molar-refractivity contribution >= 4 is 55.6 Å². The molecule has 0 fully saturated rings. The highest BCUT2D eigenvalue weighted by Gasteiger charge is 2.18. The number of fused-ring (bicyclic) bond motifs is 2. The molecule has 204 valence electrons. The normalized spacial score (nSPS) is 11.5. The van der Waals surface area contributed by atoms with Gasteiger partial charge < -0.3 is 13.9 Å². The molecule has 0 N–H and O–H groups in total. The Labute approximate surface area is 248 Å². The summed E-state index contributed by atoms with van der Waals surface area (Å²) in [6.45, 7) is 2.36. The van der Waals surface area contributed by atoms with Crippen LogP contribution in [0.15, 0.2) is 104 Å². The Hall–Kier alpha value is -4.40. The van der Waals surface area contributed by atoms with Crippen LogP contribution in [0.1, 0.15) is 16.7 Å². The van der Waals surface area contributed by atoms with Crippen molar-refractivity contribution in [2.45, 2.75) is 13.5 Å². The molecule has 0 spiro atoms. The fourth-order valence-electron chi connectivity index (χ4n) is 4.47. The molecule has 6 rings (SSSR count). The highest BCUT2D eigenvalue weighted by molar-refractivity contribution is 9.10. The number of nitrogens with zero attached hydrogens (tertiary/aromatic N) is 3. The predicted octanol–water partition coefficient (Wildman–Crippen LogP) is 8.00. The van der Waals surface area contributed by atoms with Crippen LogP contribution in [0.5, 0.6) is 11.5 Å². The van der Waals surface area contributed by atoms with Gasteiger partial charge in [-0.1, -0.05) is 69.5 Å². The average Bonchev–Trinajstić information content (AvgIpc) is 3.39. The zero-order valence-electron chi connectivity index (χ0n) is 22.1. The Bertz CT molecular complexity index is 2000. The van der Waals surface area contributed by atoms with Gasteiger partial charge >= 0.3 is 0 Å². The minimum Gasteiger partial charge on any atom is -0.493 e. The molecule has 6 aromatic rings. The maximum Gasteiger partial charge on any atom is 0.282 e. The first kappa shape index (κ1) is 26.8. The average molecular weight is 629 g/mol. The van der Waals surface area contributed by atoms with Gasteiger partial charge in [0.15, 0.2) is 17.3 Å². The number of hydrogen-bond donors (Lipinski definition) is 0. The number of rotatable bonds is 7. The van der Waals surface area contributed by atoms with Gasteiger partial charge in [0, 0.05) is 20.4 Å². The molecular formula is C32H23BrClN3O4. The molecule has 0 aliphatic heterocycles. The number of methoxy groups -OCH3 is 1. The maximum absolute atomic E-state index is 13.7. The minimum absolute atomic E-state index is 0.251. The second kappa shape index (κ2) is 11.2. The second-order valence-electron chi connectivity index (χ2n) is 9.41. The smallest absolute Gasteiger partial charge is 0.282 e. The number of halogens is 2. The third-order valence-corrected chi connectivity index (χ3v) is 7.23. The van der Waals surface area contributed by atoms with Crippen molar-refractivity contribution in [3.63, 3.8) is 0 Å². The van der Waals surface area contributed by atoms with Crippen LogP contribution in [0.25, 0.3) is 33.5 Å². The molecule has 0 amide bonds. The molecule has 9 heteroatoms. The van der Waals surface area contributed by atoms with Crippen molar-refractivity contribution in [3.8, 4) is 23.1 Å². The van der Waals surface area contributed by atoms with Gasteiger partial charge in [-0.3, -0.25) is 4.79 Å². The predicted molar refractivity (Wildman–Crippen MR) is 165 cm³/mol. The lowest BCUT2D eigenvalue weighted by molar-refractivity contribution is 0.284. The van der Waals surface area contributed by atoms with Gasteiger partial charge in [-0.05, 0) is 61.0 Å². The standard InChI is InChI=1S/C32H23BrClN3O4/c1-19-7-9-20(10-8-19)18-40-30-22(13-23(33)16-28(30)39-2)17-35-37-31(36-26-6-4-3-5-25(26)32(37)38)29-15-21-14-24(34)11-12-27(21)41-29/h3-17H,18H2,1-2H3. The van der Waals surface area contributed by atoms with E-state index in [2.05, 4.69) is 21.0 Å². The monoisotopic (exact) mass is 627 g/mol. The Balaban J connectivity index is 1.47. The summed E-state index contributed by atoms with van der Waals surface area (Å²) >= 11 is 9.73. The summed E-state index contributed by atoms with van der Waals surface area (Å²) in [5.41, 5.74) is 3.58. The van der Waals surface area contributed by atoms with Crippen LogP contribution in [-0.4, -0.2) is 23.0 Å². The van der Waals surface area contributed by atoms with Gasteiger partial charge in [0.05, 0.1) is 24.2 Å². The summed E-state index contributed by atoms with van der Waals surface area (Å²) < 4.78 is 19.9. The van der Waals surface area contributed by atoms with E-state index in [0.717, 1.165) is 15.4 Å². The maximum atomic E-state index is 13.7. The highest BCUT2D eigenvalue weighted by Crippen LogP contribution is 2.35. The van der Waals surface area contributed by atoms with Gasteiger partial charge in [-0.2, -0.15) is 9.78 Å². The van der Waals surface area contributed by atoms with Crippen LogP contribution in [0.2, 0.25) is 5.02 Å². The van der Waals surface area contributed by atoms with Crippen molar-refractivity contribution < 1.29 is 13.9 Å². The molecule has 41 heavy (non-hydrogen) atoms. The first-order valence-electron chi connectivity index (χ1n) is 12.7. The summed E-state index contributed by atoms with van der Waals surface area (Å²) in [6, 6.07) is 26.0. The van der Waals surface area contributed by atoms with Crippen LogP contribution < -0.4 is 15.0 Å². The molecule has 7 nitrogen and oxygen atoms in total. The van der Waals surface area contributed by atoms with E-state index < -0.39 is 0 Å². The number of aromatic nitrogens is 2. The lowest BCUT2D eigenvalue weighted by Gasteiger charge is -2.14. The number of hydrogen-bond acceptors (Lipinski definition) is 6. The van der Waals surface area contributed by atoms with Crippen molar-refractivity contribution in [2.75, 3.05) is 7.11 Å². The van der Waals surface area contributed by atoms with Crippen molar-refractivity contribution in [1.29, 1.82) is 0 Å². The van der Waals surface area contributed by atoms with E-state index >= 15 is 0 Å². The number of ether oxygens (including phenoxy) is 2. The van der Waals surface area contributed by atoms with Crippen molar-refractivity contribution in [1.82, 2.24) is 9.66 Å². The highest BCUT2D eigenvalue weighted by atomic mass is 79.9. The van der Waals surface area contributed by atoms with E-state index in [1.807, 2.05) is 49.4 Å². The van der Waals surface area contributed by atoms with Crippen molar-refractivity contribution in [2.24, 2.45) is 5.10 Å². The van der Waals surface area contributed by atoms with E-state index in [1.54, 1.807) is 55.8 Å². The molecule has 0 radical (unpaired) electrons. The van der Waals surface area contributed by atoms with E-state index in [1.165, 1.54) is 10.2 Å². The van der Waals surface area contributed by atoms with E-state index in [4.69, 9.17) is 30.5 Å². The second-order valence-corrected chi connectivity index (χ2v) is 10.8. The molecule has 0 saturated carbocycles. The lowest BCUT2D eigenvalue weighted by Crippen LogP contribution is -2.20. The molecular weight excluding hydrogens is 606 g/mol. The van der Waals surface area contributed by atoms with Gasteiger partial charge in [0.1, 0.15) is 12.2 Å². The summed E-state index contributed by atoms with van der Waals surface area (Å²) in [6.07, 6.45) is 1.55. The third-order valence-electron chi connectivity index (χ3n) is 6.54. The largest absolute Gasteiger partial charge is 0.493 e. The summed E-state index contributed by atoms with van der Waals surface area (Å²) in [4.78, 5) is 18.5. The quantitative estimate of drug-likeness (QED) is 0.167. The van der Waals surface area contributed by atoms with Gasteiger partial charge in [-0.15, -0.1) is 0 Å². The molecule has 0 unspecified atom stereocenters. The van der Waals surface area contributed by atoms with E-state index in [-0.39, 0.29) is 11.4 Å². The molecule has 0 atom stereocenters. The fourth-order valence-corrected chi connectivity index (χ4v) is 5.10. The molecule has 2 aromatic heterocycles. The number of benzene rings is 4. The first-order chi connectivity index (χ1) is 19.9. The minimum atomic E-state index is -0.343. The summed E-state index contributed by atoms with van der Waals surface area (Å²) in [7, 11) is 1.57. The summed E-state index contributed by atoms with van der Waals surface area (Å²) in [5.74, 6) is 1.64. The topological polar surface area (TPSA) is 78.9 Å². The van der Waals surface area contributed by atoms with Crippen LogP contribution in [-0.2, 0) is 6.61 Å². The van der Waals surface area contributed by atoms with Crippen molar-refractivity contribution in [3.05, 3.63) is 121 Å². The Morgan fingerprint density at radius 1 is 1.05 bits per heavy atom. The molecule has 0 bridgehead atoms. The molecule has 0 saturated heterocycles. The first-order valence-corrected chi connectivity index (χ1v) is 13.9. The van der Waals surface area contributed by atoms with Gasteiger partial charge in [-0.25, -0.2) is 4.98 Å².